The predicted molar refractivity (Wildman–Crippen MR) is 79.6 cm³/mol. The standard InChI is InChI=1S/C14H19N3S/c1-4-17(9-5-8-15)14(18)16-13-7-6-11(2)12(3)10-13/h6-7,10H,4-5,9H2,1-3H3,(H,16,18). The van der Waals surface area contributed by atoms with E-state index in [9.17, 15) is 0 Å². The molecule has 4 heteroatoms. The van der Waals surface area contributed by atoms with Crippen molar-refractivity contribution in [1.82, 2.24) is 4.90 Å². The number of anilines is 1. The van der Waals surface area contributed by atoms with Gasteiger partial charge in [0.1, 0.15) is 0 Å². The number of thiocarbonyl (C=S) groups is 1. The highest BCUT2D eigenvalue weighted by molar-refractivity contribution is 7.80. The molecule has 18 heavy (non-hydrogen) atoms. The Labute approximate surface area is 114 Å². The number of nitrogens with zero attached hydrogens (tertiary/aromatic N) is 2. The Morgan fingerprint density at radius 1 is 1.39 bits per heavy atom. The van der Waals surface area contributed by atoms with Gasteiger partial charge in [0.05, 0.1) is 12.5 Å². The van der Waals surface area contributed by atoms with Gasteiger partial charge in [-0.2, -0.15) is 5.26 Å². The van der Waals surface area contributed by atoms with Gasteiger partial charge in [0.25, 0.3) is 0 Å². The molecule has 0 bridgehead atoms. The van der Waals surface area contributed by atoms with E-state index in [1.54, 1.807) is 0 Å². The van der Waals surface area contributed by atoms with Gasteiger partial charge in [-0.3, -0.25) is 0 Å². The van der Waals surface area contributed by atoms with Crippen LogP contribution in [0.1, 0.15) is 24.5 Å². The van der Waals surface area contributed by atoms with Crippen molar-refractivity contribution in [2.24, 2.45) is 0 Å². The topological polar surface area (TPSA) is 39.1 Å². The third kappa shape index (κ3) is 4.01. The average Bonchev–Trinajstić information content (AvgIpc) is 2.35. The van der Waals surface area contributed by atoms with Crippen LogP contribution in [0.15, 0.2) is 18.2 Å². The first kappa shape index (κ1) is 14.5. The molecule has 0 saturated carbocycles. The molecule has 0 radical (unpaired) electrons. The fourth-order valence-corrected chi connectivity index (χ4v) is 1.95. The van der Waals surface area contributed by atoms with Crippen molar-refractivity contribution in [3.8, 4) is 6.07 Å². The molecule has 0 unspecified atom stereocenters. The summed E-state index contributed by atoms with van der Waals surface area (Å²) in [7, 11) is 0. The zero-order valence-electron chi connectivity index (χ0n) is 11.2. The van der Waals surface area contributed by atoms with Crippen molar-refractivity contribution in [2.75, 3.05) is 18.4 Å². The molecule has 0 spiro atoms. The van der Waals surface area contributed by atoms with Gasteiger partial charge in [0, 0.05) is 18.8 Å². The first-order chi connectivity index (χ1) is 8.58. The van der Waals surface area contributed by atoms with Crippen molar-refractivity contribution >= 4 is 23.0 Å². The van der Waals surface area contributed by atoms with Gasteiger partial charge in [0.15, 0.2) is 5.11 Å². The summed E-state index contributed by atoms with van der Waals surface area (Å²) in [5.74, 6) is 0. The van der Waals surface area contributed by atoms with Crippen molar-refractivity contribution in [3.63, 3.8) is 0 Å². The fourth-order valence-electron chi connectivity index (χ4n) is 1.61. The molecule has 0 aliphatic heterocycles. The second kappa shape index (κ2) is 6.97. The summed E-state index contributed by atoms with van der Waals surface area (Å²) in [4.78, 5) is 1.99. The highest BCUT2D eigenvalue weighted by Crippen LogP contribution is 2.14. The van der Waals surface area contributed by atoms with E-state index in [1.165, 1.54) is 11.1 Å². The molecule has 0 amide bonds. The minimum Gasteiger partial charge on any atom is -0.348 e. The van der Waals surface area contributed by atoms with Crippen LogP contribution in [0.2, 0.25) is 0 Å². The maximum Gasteiger partial charge on any atom is 0.173 e. The van der Waals surface area contributed by atoms with Gasteiger partial charge < -0.3 is 10.2 Å². The van der Waals surface area contributed by atoms with Crippen LogP contribution in [-0.2, 0) is 0 Å². The SMILES string of the molecule is CCN(CCC#N)C(=S)Nc1ccc(C)c(C)c1. The van der Waals surface area contributed by atoms with Crippen LogP contribution in [0.4, 0.5) is 5.69 Å². The molecular formula is C14H19N3S. The molecule has 0 atom stereocenters. The quantitative estimate of drug-likeness (QED) is 0.845. The van der Waals surface area contributed by atoms with E-state index in [2.05, 4.69) is 37.4 Å². The molecule has 0 aromatic heterocycles. The van der Waals surface area contributed by atoms with Gasteiger partial charge in [-0.1, -0.05) is 6.07 Å². The second-order valence-electron chi connectivity index (χ2n) is 4.22. The number of hydrogen-bond donors (Lipinski definition) is 1. The maximum absolute atomic E-state index is 8.61. The molecule has 1 aromatic rings. The third-order valence-corrected chi connectivity index (χ3v) is 3.28. The first-order valence-corrected chi connectivity index (χ1v) is 6.49. The zero-order valence-corrected chi connectivity index (χ0v) is 12.0. The van der Waals surface area contributed by atoms with Gasteiger partial charge in [-0.05, 0) is 56.2 Å². The van der Waals surface area contributed by atoms with Crippen molar-refractivity contribution in [1.29, 1.82) is 5.26 Å². The summed E-state index contributed by atoms with van der Waals surface area (Å²) in [5, 5.41) is 12.5. The summed E-state index contributed by atoms with van der Waals surface area (Å²) >= 11 is 5.35. The van der Waals surface area contributed by atoms with Gasteiger partial charge in [-0.15, -0.1) is 0 Å². The lowest BCUT2D eigenvalue weighted by molar-refractivity contribution is 0.457. The molecule has 0 aliphatic carbocycles. The Kier molecular flexibility index (Phi) is 5.60. The van der Waals surface area contributed by atoms with E-state index in [4.69, 9.17) is 17.5 Å². The number of benzene rings is 1. The van der Waals surface area contributed by atoms with Crippen molar-refractivity contribution in [2.45, 2.75) is 27.2 Å². The minimum absolute atomic E-state index is 0.489. The highest BCUT2D eigenvalue weighted by atomic mass is 32.1. The van der Waals surface area contributed by atoms with Crippen LogP contribution >= 0.6 is 12.2 Å². The van der Waals surface area contributed by atoms with Crippen LogP contribution in [0.3, 0.4) is 0 Å². The Morgan fingerprint density at radius 2 is 2.11 bits per heavy atom. The van der Waals surface area contributed by atoms with Crippen LogP contribution in [0.25, 0.3) is 0 Å². The van der Waals surface area contributed by atoms with E-state index in [0.29, 0.717) is 18.1 Å². The second-order valence-corrected chi connectivity index (χ2v) is 4.60. The fraction of sp³-hybridized carbons (Fsp3) is 0.429. The predicted octanol–water partition coefficient (Wildman–Crippen LogP) is 3.24. The van der Waals surface area contributed by atoms with Crippen LogP contribution in [-0.4, -0.2) is 23.1 Å². The first-order valence-electron chi connectivity index (χ1n) is 6.08. The number of nitriles is 1. The minimum atomic E-state index is 0.489. The largest absolute Gasteiger partial charge is 0.348 e. The van der Waals surface area contributed by atoms with Gasteiger partial charge in [0.2, 0.25) is 0 Å². The number of hydrogen-bond acceptors (Lipinski definition) is 2. The summed E-state index contributed by atoms with van der Waals surface area (Å²) in [5.41, 5.74) is 3.50. The molecule has 0 saturated heterocycles. The van der Waals surface area contributed by atoms with Crippen LogP contribution in [0, 0.1) is 25.2 Å². The Bertz CT molecular complexity index is 463. The normalized spacial score (nSPS) is 9.67. The van der Waals surface area contributed by atoms with E-state index >= 15 is 0 Å². The zero-order chi connectivity index (χ0) is 13.5. The number of nitrogens with one attached hydrogen (secondary N) is 1. The Morgan fingerprint density at radius 3 is 2.67 bits per heavy atom. The summed E-state index contributed by atoms with van der Waals surface area (Å²) < 4.78 is 0. The van der Waals surface area contributed by atoms with E-state index in [-0.39, 0.29) is 0 Å². The maximum atomic E-state index is 8.61. The van der Waals surface area contributed by atoms with E-state index < -0.39 is 0 Å². The summed E-state index contributed by atoms with van der Waals surface area (Å²) in [6, 6.07) is 8.32. The van der Waals surface area contributed by atoms with Crippen LogP contribution in [0.5, 0.6) is 0 Å². The number of aryl methyl sites for hydroxylation is 2. The van der Waals surface area contributed by atoms with Gasteiger partial charge >= 0.3 is 0 Å². The van der Waals surface area contributed by atoms with Gasteiger partial charge in [-0.25, -0.2) is 0 Å². The molecule has 1 aromatic carbocycles. The Balaban J connectivity index is 2.68. The average molecular weight is 261 g/mol. The highest BCUT2D eigenvalue weighted by Gasteiger charge is 2.07. The lowest BCUT2D eigenvalue weighted by atomic mass is 10.1. The molecule has 0 aliphatic rings. The van der Waals surface area contributed by atoms with E-state index in [0.717, 1.165) is 12.2 Å². The van der Waals surface area contributed by atoms with Crippen LogP contribution < -0.4 is 5.32 Å². The van der Waals surface area contributed by atoms with Crippen molar-refractivity contribution < 1.29 is 0 Å². The molecule has 1 rings (SSSR count). The third-order valence-electron chi connectivity index (χ3n) is 2.92. The number of rotatable bonds is 4. The summed E-state index contributed by atoms with van der Waals surface area (Å²) in [6.45, 7) is 7.67. The monoisotopic (exact) mass is 261 g/mol. The molecule has 0 heterocycles. The van der Waals surface area contributed by atoms with Crippen molar-refractivity contribution in [3.05, 3.63) is 29.3 Å². The van der Waals surface area contributed by atoms with E-state index in [1.807, 2.05) is 17.9 Å². The molecule has 0 fully saturated rings. The summed E-state index contributed by atoms with van der Waals surface area (Å²) in [6.07, 6.45) is 0.489. The lowest BCUT2D eigenvalue weighted by Gasteiger charge is -2.23. The molecule has 1 N–H and O–H groups in total. The molecule has 3 nitrogen and oxygen atoms in total. The smallest absolute Gasteiger partial charge is 0.173 e. The molecule has 96 valence electrons. The molecular weight excluding hydrogens is 242 g/mol. The Hall–Kier alpha value is -1.60. The lowest BCUT2D eigenvalue weighted by Crippen LogP contribution is -2.35.